The fraction of sp³-hybridized carbons (Fsp3) is 0.625. The Morgan fingerprint density at radius 1 is 1.30 bits per heavy atom. The van der Waals surface area contributed by atoms with Crippen LogP contribution in [-0.4, -0.2) is 30.9 Å². The van der Waals surface area contributed by atoms with Crippen LogP contribution in [0.4, 0.5) is 11.4 Å². The summed E-state index contributed by atoms with van der Waals surface area (Å²) in [7, 11) is 0. The zero-order valence-electron chi connectivity index (χ0n) is 12.3. The highest BCUT2D eigenvalue weighted by molar-refractivity contribution is 5.61. The average molecular weight is 278 g/mol. The van der Waals surface area contributed by atoms with Gasteiger partial charge in [-0.05, 0) is 25.3 Å². The monoisotopic (exact) mass is 278 g/mol. The highest BCUT2D eigenvalue weighted by Crippen LogP contribution is 2.32. The second-order valence-electron chi connectivity index (χ2n) is 5.46. The first kappa shape index (κ1) is 15.0. The van der Waals surface area contributed by atoms with Crippen LogP contribution in [-0.2, 0) is 0 Å². The van der Waals surface area contributed by atoms with E-state index in [1.54, 1.807) is 0 Å². The number of nitrogens with zero attached hydrogens (tertiary/aromatic N) is 1. The first-order valence-electron chi connectivity index (χ1n) is 7.65. The summed E-state index contributed by atoms with van der Waals surface area (Å²) in [4.78, 5) is 2.28. The largest absolute Gasteiger partial charge is 0.493 e. The van der Waals surface area contributed by atoms with Crippen LogP contribution in [0, 0.1) is 0 Å². The minimum Gasteiger partial charge on any atom is -0.493 e. The Labute approximate surface area is 121 Å². The molecular formula is C16H26N2O2. The summed E-state index contributed by atoms with van der Waals surface area (Å²) in [5.41, 5.74) is 7.78. The van der Waals surface area contributed by atoms with Gasteiger partial charge in [-0.15, -0.1) is 0 Å². The van der Waals surface area contributed by atoms with Crippen molar-refractivity contribution in [1.82, 2.24) is 0 Å². The third-order valence-corrected chi connectivity index (χ3v) is 3.82. The molecule has 1 fully saturated rings. The Morgan fingerprint density at radius 2 is 2.05 bits per heavy atom. The average Bonchev–Trinajstić information content (AvgIpc) is 2.95. The van der Waals surface area contributed by atoms with Crippen molar-refractivity contribution >= 4 is 11.4 Å². The van der Waals surface area contributed by atoms with Gasteiger partial charge in [-0.2, -0.15) is 0 Å². The van der Waals surface area contributed by atoms with Crippen LogP contribution >= 0.6 is 0 Å². The van der Waals surface area contributed by atoms with Crippen molar-refractivity contribution in [3.8, 4) is 5.75 Å². The lowest BCUT2D eigenvalue weighted by Crippen LogP contribution is -2.35. The minimum atomic E-state index is 0.163. The van der Waals surface area contributed by atoms with Gasteiger partial charge >= 0.3 is 0 Å². The molecule has 0 heterocycles. The molecule has 1 aromatic rings. The number of benzene rings is 1. The van der Waals surface area contributed by atoms with Gasteiger partial charge in [0, 0.05) is 36.1 Å². The second-order valence-corrected chi connectivity index (χ2v) is 5.46. The van der Waals surface area contributed by atoms with Gasteiger partial charge in [-0.1, -0.05) is 19.8 Å². The number of hydrogen-bond acceptors (Lipinski definition) is 4. The summed E-state index contributed by atoms with van der Waals surface area (Å²) in [6.45, 7) is 3.61. The molecule has 20 heavy (non-hydrogen) atoms. The van der Waals surface area contributed by atoms with E-state index in [4.69, 9.17) is 10.5 Å². The summed E-state index contributed by atoms with van der Waals surface area (Å²) in [5, 5.41) is 9.33. The van der Waals surface area contributed by atoms with Crippen molar-refractivity contribution in [1.29, 1.82) is 0 Å². The quantitative estimate of drug-likeness (QED) is 0.753. The van der Waals surface area contributed by atoms with E-state index in [0.29, 0.717) is 19.2 Å². The maximum atomic E-state index is 9.33. The lowest BCUT2D eigenvalue weighted by molar-refractivity contribution is 0.297. The van der Waals surface area contributed by atoms with Crippen LogP contribution in [0.1, 0.15) is 39.0 Å². The summed E-state index contributed by atoms with van der Waals surface area (Å²) >= 11 is 0. The van der Waals surface area contributed by atoms with E-state index in [1.165, 1.54) is 25.7 Å². The van der Waals surface area contributed by atoms with E-state index in [9.17, 15) is 5.11 Å². The number of nitrogen functional groups attached to an aromatic ring is 1. The van der Waals surface area contributed by atoms with Gasteiger partial charge in [-0.3, -0.25) is 0 Å². The van der Waals surface area contributed by atoms with E-state index < -0.39 is 0 Å². The van der Waals surface area contributed by atoms with Crippen LogP contribution in [0.5, 0.6) is 5.75 Å². The van der Waals surface area contributed by atoms with E-state index in [-0.39, 0.29) is 6.61 Å². The van der Waals surface area contributed by atoms with Crippen molar-refractivity contribution < 1.29 is 9.84 Å². The first-order valence-corrected chi connectivity index (χ1v) is 7.65. The molecule has 0 atom stereocenters. The number of aliphatic hydroxyl groups is 1. The normalized spacial score (nSPS) is 15.5. The molecule has 0 amide bonds. The van der Waals surface area contributed by atoms with Crippen LogP contribution < -0.4 is 15.4 Å². The molecule has 1 saturated carbocycles. The zero-order valence-corrected chi connectivity index (χ0v) is 12.3. The van der Waals surface area contributed by atoms with Gasteiger partial charge in [0.05, 0.1) is 13.2 Å². The van der Waals surface area contributed by atoms with Crippen LogP contribution in [0.15, 0.2) is 18.2 Å². The fourth-order valence-electron chi connectivity index (χ4n) is 2.92. The van der Waals surface area contributed by atoms with Crippen molar-refractivity contribution in [3.63, 3.8) is 0 Å². The van der Waals surface area contributed by atoms with Gasteiger partial charge in [0.2, 0.25) is 0 Å². The molecule has 112 valence electrons. The van der Waals surface area contributed by atoms with E-state index >= 15 is 0 Å². The molecular weight excluding hydrogens is 252 g/mol. The molecule has 4 heteroatoms. The molecule has 0 saturated heterocycles. The maximum Gasteiger partial charge on any atom is 0.123 e. The smallest absolute Gasteiger partial charge is 0.123 e. The summed E-state index contributed by atoms with van der Waals surface area (Å²) in [5.74, 6) is 0.822. The van der Waals surface area contributed by atoms with Crippen LogP contribution in [0.25, 0.3) is 0 Å². The highest BCUT2D eigenvalue weighted by Gasteiger charge is 2.23. The molecule has 4 nitrogen and oxygen atoms in total. The lowest BCUT2D eigenvalue weighted by atomic mass is 10.1. The Bertz CT molecular complexity index is 417. The molecule has 1 aliphatic rings. The van der Waals surface area contributed by atoms with Gasteiger partial charge in [-0.25, -0.2) is 0 Å². The molecule has 0 aliphatic heterocycles. The molecule has 1 aliphatic carbocycles. The SMILES string of the molecule is CCCOc1cc(N)cc(N(CCO)C2CCCC2)c1. The minimum absolute atomic E-state index is 0.163. The van der Waals surface area contributed by atoms with Crippen molar-refractivity contribution in [2.24, 2.45) is 0 Å². The van der Waals surface area contributed by atoms with Crippen molar-refractivity contribution in [2.45, 2.75) is 45.1 Å². The fourth-order valence-corrected chi connectivity index (χ4v) is 2.92. The lowest BCUT2D eigenvalue weighted by Gasteiger charge is -2.31. The Kier molecular flexibility index (Phi) is 5.53. The van der Waals surface area contributed by atoms with Crippen LogP contribution in [0.3, 0.4) is 0 Å². The number of rotatable bonds is 7. The Hall–Kier alpha value is -1.42. The molecule has 0 spiro atoms. The van der Waals surface area contributed by atoms with Gasteiger partial charge < -0.3 is 20.5 Å². The number of anilines is 2. The summed E-state index contributed by atoms with van der Waals surface area (Å²) in [6.07, 6.45) is 5.91. The second kappa shape index (κ2) is 7.39. The molecule has 0 radical (unpaired) electrons. The summed E-state index contributed by atoms with van der Waals surface area (Å²) < 4.78 is 5.70. The Balaban J connectivity index is 2.19. The number of aliphatic hydroxyl groups excluding tert-OH is 1. The molecule has 0 unspecified atom stereocenters. The third kappa shape index (κ3) is 3.79. The van der Waals surface area contributed by atoms with E-state index in [2.05, 4.69) is 11.8 Å². The predicted octanol–water partition coefficient (Wildman–Crippen LogP) is 2.80. The van der Waals surface area contributed by atoms with E-state index in [0.717, 1.165) is 23.5 Å². The van der Waals surface area contributed by atoms with Crippen LogP contribution in [0.2, 0.25) is 0 Å². The predicted molar refractivity (Wildman–Crippen MR) is 83.3 cm³/mol. The topological polar surface area (TPSA) is 58.7 Å². The van der Waals surface area contributed by atoms with E-state index in [1.807, 2.05) is 18.2 Å². The zero-order chi connectivity index (χ0) is 14.4. The molecule has 0 aromatic heterocycles. The highest BCUT2D eigenvalue weighted by atomic mass is 16.5. The number of hydrogen-bond donors (Lipinski definition) is 2. The number of nitrogens with two attached hydrogens (primary N) is 1. The first-order chi connectivity index (χ1) is 9.74. The number of ether oxygens (including phenoxy) is 1. The standard InChI is InChI=1S/C16H26N2O2/c1-2-9-20-16-11-13(17)10-15(12-16)18(7-8-19)14-5-3-4-6-14/h10-12,14,19H,2-9,17H2,1H3. The third-order valence-electron chi connectivity index (χ3n) is 3.82. The molecule has 2 rings (SSSR count). The maximum absolute atomic E-state index is 9.33. The van der Waals surface area contributed by atoms with Gasteiger partial charge in [0.1, 0.15) is 5.75 Å². The van der Waals surface area contributed by atoms with Crippen molar-refractivity contribution in [2.75, 3.05) is 30.4 Å². The van der Waals surface area contributed by atoms with Gasteiger partial charge in [0.15, 0.2) is 0 Å². The molecule has 1 aromatic carbocycles. The Morgan fingerprint density at radius 3 is 2.70 bits per heavy atom. The summed E-state index contributed by atoms with van der Waals surface area (Å²) in [6, 6.07) is 6.40. The molecule has 0 bridgehead atoms. The van der Waals surface area contributed by atoms with Gasteiger partial charge in [0.25, 0.3) is 0 Å². The van der Waals surface area contributed by atoms with Crippen molar-refractivity contribution in [3.05, 3.63) is 18.2 Å². The molecule has 3 N–H and O–H groups in total.